The fraction of sp³-hybridized carbons (Fsp3) is 0.222. The van der Waals surface area contributed by atoms with E-state index in [1.54, 1.807) is 0 Å². The highest BCUT2D eigenvalue weighted by molar-refractivity contribution is 5.99. The van der Waals surface area contributed by atoms with Gasteiger partial charge in [-0.25, -0.2) is 4.79 Å². The number of carbonyl (C=O) groups is 2. The maximum atomic E-state index is 12.0. The van der Waals surface area contributed by atoms with Crippen LogP contribution in [-0.4, -0.2) is 11.8 Å². The Labute approximate surface area is 129 Å². The van der Waals surface area contributed by atoms with E-state index in [-0.39, 0.29) is 11.8 Å². The van der Waals surface area contributed by atoms with Crippen molar-refractivity contribution >= 4 is 23.2 Å². The molecular weight excluding hydrogens is 276 g/mol. The Kier molecular flexibility index (Phi) is 3.92. The molecule has 2 aromatic rings. The van der Waals surface area contributed by atoms with Gasteiger partial charge >= 0.3 is 6.03 Å². The molecule has 22 heavy (non-hydrogen) atoms. The molecule has 0 aliphatic heterocycles. The molecule has 2 N–H and O–H groups in total. The molecule has 3 rings (SSSR count). The Morgan fingerprint density at radius 3 is 2.36 bits per heavy atom. The van der Waals surface area contributed by atoms with E-state index in [4.69, 9.17) is 0 Å². The van der Waals surface area contributed by atoms with Gasteiger partial charge in [-0.15, -0.1) is 0 Å². The summed E-state index contributed by atoms with van der Waals surface area (Å²) >= 11 is 0. The van der Waals surface area contributed by atoms with Gasteiger partial charge in [0.1, 0.15) is 5.78 Å². The molecule has 0 unspecified atom stereocenters. The summed E-state index contributed by atoms with van der Waals surface area (Å²) in [6, 6.07) is 13.1. The van der Waals surface area contributed by atoms with Crippen molar-refractivity contribution in [3.05, 3.63) is 59.2 Å². The Hall–Kier alpha value is -2.62. The van der Waals surface area contributed by atoms with Crippen LogP contribution in [-0.2, 0) is 17.6 Å². The van der Waals surface area contributed by atoms with E-state index in [0.29, 0.717) is 12.8 Å². The smallest absolute Gasteiger partial charge is 0.308 e. The van der Waals surface area contributed by atoms with E-state index in [1.165, 1.54) is 0 Å². The number of Topliss-reactive ketones (excluding diaryl/α,β-unsaturated/α-hetero) is 1. The quantitative estimate of drug-likeness (QED) is 0.887. The van der Waals surface area contributed by atoms with Gasteiger partial charge < -0.3 is 10.6 Å². The van der Waals surface area contributed by atoms with Crippen LogP contribution in [0.25, 0.3) is 0 Å². The van der Waals surface area contributed by atoms with Gasteiger partial charge in [-0.1, -0.05) is 23.8 Å². The summed E-state index contributed by atoms with van der Waals surface area (Å²) in [6.07, 6.45) is 1.85. The molecule has 4 heteroatoms. The summed E-state index contributed by atoms with van der Waals surface area (Å²) in [4.78, 5) is 23.4. The highest BCUT2D eigenvalue weighted by Crippen LogP contribution is 2.23. The number of carbonyl (C=O) groups excluding carboxylic acids is 2. The predicted molar refractivity (Wildman–Crippen MR) is 87.3 cm³/mol. The number of amides is 2. The second-order valence-corrected chi connectivity index (χ2v) is 5.64. The third kappa shape index (κ3) is 3.34. The van der Waals surface area contributed by atoms with Crippen LogP contribution in [0.5, 0.6) is 0 Å². The molecule has 0 radical (unpaired) electrons. The van der Waals surface area contributed by atoms with Crippen LogP contribution >= 0.6 is 0 Å². The van der Waals surface area contributed by atoms with E-state index in [9.17, 15) is 9.59 Å². The molecule has 4 nitrogen and oxygen atoms in total. The van der Waals surface area contributed by atoms with Crippen molar-refractivity contribution in [3.63, 3.8) is 0 Å². The number of rotatable bonds is 2. The lowest BCUT2D eigenvalue weighted by Gasteiger charge is -2.16. The lowest BCUT2D eigenvalue weighted by Crippen LogP contribution is -2.20. The minimum atomic E-state index is -0.268. The average molecular weight is 294 g/mol. The zero-order chi connectivity index (χ0) is 15.5. The maximum absolute atomic E-state index is 12.0. The summed E-state index contributed by atoms with van der Waals surface area (Å²) in [5, 5.41) is 5.63. The van der Waals surface area contributed by atoms with E-state index in [0.717, 1.165) is 34.5 Å². The van der Waals surface area contributed by atoms with Gasteiger partial charge in [-0.2, -0.15) is 0 Å². The molecule has 112 valence electrons. The number of benzene rings is 2. The molecule has 2 amide bonds. The van der Waals surface area contributed by atoms with E-state index < -0.39 is 0 Å². The number of anilines is 2. The molecule has 0 fully saturated rings. The molecule has 0 aromatic heterocycles. The first-order chi connectivity index (χ1) is 10.6. The molecule has 2 aromatic carbocycles. The number of urea groups is 1. The number of nitrogens with one attached hydrogen (secondary N) is 2. The fourth-order valence-electron chi connectivity index (χ4n) is 2.61. The molecule has 0 atom stereocenters. The van der Waals surface area contributed by atoms with Crippen molar-refractivity contribution in [2.45, 2.75) is 26.2 Å². The molecule has 0 spiro atoms. The zero-order valence-corrected chi connectivity index (χ0v) is 12.5. The summed E-state index contributed by atoms with van der Waals surface area (Å²) in [7, 11) is 0. The molecule has 0 saturated carbocycles. The monoisotopic (exact) mass is 294 g/mol. The molecule has 0 saturated heterocycles. The predicted octanol–water partition coefficient (Wildman–Crippen LogP) is 3.70. The topological polar surface area (TPSA) is 58.2 Å². The van der Waals surface area contributed by atoms with Gasteiger partial charge in [0.2, 0.25) is 0 Å². The largest absolute Gasteiger partial charge is 0.323 e. The highest BCUT2D eigenvalue weighted by atomic mass is 16.2. The van der Waals surface area contributed by atoms with Gasteiger partial charge in [-0.05, 0) is 48.7 Å². The Balaban J connectivity index is 1.66. The minimum absolute atomic E-state index is 0.268. The van der Waals surface area contributed by atoms with Crippen molar-refractivity contribution in [1.29, 1.82) is 0 Å². The van der Waals surface area contributed by atoms with Gasteiger partial charge in [-0.3, -0.25) is 4.79 Å². The van der Waals surface area contributed by atoms with Crippen molar-refractivity contribution in [1.82, 2.24) is 0 Å². The minimum Gasteiger partial charge on any atom is -0.308 e. The Morgan fingerprint density at radius 2 is 1.59 bits per heavy atom. The molecule has 0 bridgehead atoms. The first-order valence-corrected chi connectivity index (χ1v) is 7.38. The Morgan fingerprint density at radius 1 is 0.909 bits per heavy atom. The molecular formula is C18H18N2O2. The lowest BCUT2D eigenvalue weighted by molar-refractivity contribution is -0.118. The SMILES string of the molecule is Cc1ccc(NC(=O)Nc2ccc3c(c2)CCC(=O)C3)cc1. The number of aryl methyl sites for hydroxylation is 2. The normalized spacial score (nSPS) is 13.4. The second kappa shape index (κ2) is 6.02. The van der Waals surface area contributed by atoms with Crippen molar-refractivity contribution < 1.29 is 9.59 Å². The van der Waals surface area contributed by atoms with Crippen LogP contribution in [0.2, 0.25) is 0 Å². The maximum Gasteiger partial charge on any atom is 0.323 e. The standard InChI is InChI=1S/C18H18N2O2/c1-12-2-6-15(7-3-12)19-18(22)20-16-8-4-14-11-17(21)9-5-13(14)10-16/h2-4,6-8,10H,5,9,11H2,1H3,(H2,19,20,22). The van der Waals surface area contributed by atoms with Crippen molar-refractivity contribution in [2.75, 3.05) is 10.6 Å². The van der Waals surface area contributed by atoms with Gasteiger partial charge in [0.05, 0.1) is 0 Å². The fourth-order valence-corrected chi connectivity index (χ4v) is 2.61. The summed E-state index contributed by atoms with van der Waals surface area (Å²) in [5.74, 6) is 0.283. The van der Waals surface area contributed by atoms with Crippen molar-refractivity contribution in [3.8, 4) is 0 Å². The first kappa shape index (κ1) is 14.3. The third-order valence-corrected chi connectivity index (χ3v) is 3.83. The average Bonchev–Trinajstić information content (AvgIpc) is 2.50. The number of ketones is 1. The number of hydrogen-bond donors (Lipinski definition) is 2. The van der Waals surface area contributed by atoms with Crippen LogP contribution in [0, 0.1) is 6.92 Å². The van der Waals surface area contributed by atoms with Crippen LogP contribution in [0.1, 0.15) is 23.1 Å². The van der Waals surface area contributed by atoms with Crippen LogP contribution < -0.4 is 10.6 Å². The molecule has 0 heterocycles. The van der Waals surface area contributed by atoms with Gasteiger partial charge in [0.15, 0.2) is 0 Å². The van der Waals surface area contributed by atoms with Gasteiger partial charge in [0, 0.05) is 24.2 Å². The van der Waals surface area contributed by atoms with Crippen molar-refractivity contribution in [2.24, 2.45) is 0 Å². The van der Waals surface area contributed by atoms with E-state index in [2.05, 4.69) is 10.6 Å². The zero-order valence-electron chi connectivity index (χ0n) is 12.5. The number of fused-ring (bicyclic) bond motifs is 1. The van der Waals surface area contributed by atoms with Crippen LogP contribution in [0.15, 0.2) is 42.5 Å². The molecule has 1 aliphatic rings. The highest BCUT2D eigenvalue weighted by Gasteiger charge is 2.16. The second-order valence-electron chi connectivity index (χ2n) is 5.64. The van der Waals surface area contributed by atoms with Crippen LogP contribution in [0.3, 0.4) is 0 Å². The number of hydrogen-bond acceptors (Lipinski definition) is 2. The summed E-state index contributed by atoms with van der Waals surface area (Å²) in [6.45, 7) is 2.00. The van der Waals surface area contributed by atoms with Gasteiger partial charge in [0.25, 0.3) is 0 Å². The van der Waals surface area contributed by atoms with E-state index in [1.807, 2.05) is 49.4 Å². The molecule has 1 aliphatic carbocycles. The van der Waals surface area contributed by atoms with Crippen LogP contribution in [0.4, 0.5) is 16.2 Å². The summed E-state index contributed by atoms with van der Waals surface area (Å²) in [5.41, 5.74) is 4.87. The lowest BCUT2D eigenvalue weighted by atomic mass is 9.90. The summed E-state index contributed by atoms with van der Waals surface area (Å²) < 4.78 is 0. The third-order valence-electron chi connectivity index (χ3n) is 3.83. The van der Waals surface area contributed by atoms with E-state index >= 15 is 0 Å². The Bertz CT molecular complexity index is 720. The first-order valence-electron chi connectivity index (χ1n) is 7.38.